The Morgan fingerprint density at radius 1 is 0.955 bits per heavy atom. The number of carbonyl (C=O) groups is 2. The zero-order valence-corrected chi connectivity index (χ0v) is 28.4. The first-order chi connectivity index (χ1) is 21.0. The normalized spacial score (nSPS) is 26.2. The van der Waals surface area contributed by atoms with Gasteiger partial charge in [-0.05, 0) is 71.4 Å². The standard InChI is InChI=1S/C17H21IN4O4.C10H14IN3O4/c1-21-7-12(10-23)26-14(9-21)22-8-13(18)15(20-17(22)25)19-16(24)11-5-3-2-4-6-11;1-13-2-6(5-15)18-8(4-13)14-3-7(11)9(16)12-10(14)17/h2-6,8,12,14-15,23H,7,9-10H2,1H3,(H,19,24)(H,20,25);3,6,8,15H,2,4-5H2,1H3,(H,12,16,17). The average Bonchev–Trinajstić information content (AvgIpc) is 3.00. The number of aromatic nitrogens is 2. The molecule has 2 saturated heterocycles. The van der Waals surface area contributed by atoms with E-state index >= 15 is 0 Å². The van der Waals surface area contributed by atoms with Crippen molar-refractivity contribution in [2.45, 2.75) is 30.8 Å². The van der Waals surface area contributed by atoms with Crippen molar-refractivity contribution < 1.29 is 29.3 Å². The summed E-state index contributed by atoms with van der Waals surface area (Å²) in [6.45, 7) is 2.08. The molecule has 1 aromatic heterocycles. The second-order valence-electron chi connectivity index (χ2n) is 10.5. The van der Waals surface area contributed by atoms with Gasteiger partial charge in [0.2, 0.25) is 0 Å². The molecule has 3 aliphatic heterocycles. The van der Waals surface area contributed by atoms with E-state index in [1.54, 1.807) is 30.5 Å². The molecule has 3 aliphatic rings. The Morgan fingerprint density at radius 3 is 2.16 bits per heavy atom. The number of hydrogen-bond donors (Lipinski definition) is 5. The van der Waals surface area contributed by atoms with Crippen molar-refractivity contribution in [1.29, 1.82) is 0 Å². The fraction of sp³-hybridized carbons (Fsp3) is 0.481. The Bertz CT molecular complexity index is 1460. The minimum atomic E-state index is -0.595. The topological polar surface area (TPSA) is 182 Å². The summed E-state index contributed by atoms with van der Waals surface area (Å²) in [6, 6.07) is 8.46. The van der Waals surface area contributed by atoms with Crippen LogP contribution >= 0.6 is 45.2 Å². The van der Waals surface area contributed by atoms with Crippen LogP contribution in [-0.2, 0) is 9.47 Å². The van der Waals surface area contributed by atoms with Crippen LogP contribution in [0.25, 0.3) is 0 Å². The number of halogens is 2. The summed E-state index contributed by atoms with van der Waals surface area (Å²) in [5.41, 5.74) is -0.381. The first kappa shape index (κ1) is 34.5. The van der Waals surface area contributed by atoms with Crippen LogP contribution < -0.4 is 21.9 Å². The number of H-pyrrole nitrogens is 1. The van der Waals surface area contributed by atoms with E-state index in [0.29, 0.717) is 35.3 Å². The van der Waals surface area contributed by atoms with Crippen LogP contribution in [0.5, 0.6) is 0 Å². The highest BCUT2D eigenvalue weighted by Gasteiger charge is 2.36. The van der Waals surface area contributed by atoms with E-state index in [4.69, 9.17) is 14.6 Å². The molecule has 1 aromatic carbocycles. The van der Waals surface area contributed by atoms with Gasteiger partial charge < -0.3 is 30.3 Å². The minimum absolute atomic E-state index is 0.101. The monoisotopic (exact) mass is 839 g/mol. The molecule has 5 unspecified atom stereocenters. The quantitative estimate of drug-likeness (QED) is 0.242. The van der Waals surface area contributed by atoms with Crippen LogP contribution in [-0.4, -0.2) is 124 Å². The number of aliphatic hydroxyl groups excluding tert-OH is 2. The fourth-order valence-electron chi connectivity index (χ4n) is 4.83. The zero-order valence-electron chi connectivity index (χ0n) is 24.1. The van der Waals surface area contributed by atoms with Crippen molar-refractivity contribution in [3.05, 3.63) is 76.3 Å². The SMILES string of the molecule is CN1CC(CO)OC(N2C=C(I)C(NC(=O)c3ccccc3)NC2=O)C1.CN1CC(CO)OC(n2cc(I)c(=O)[nH]c2=O)C1. The van der Waals surface area contributed by atoms with Crippen molar-refractivity contribution in [3.63, 3.8) is 0 Å². The molecular weight excluding hydrogens is 804 g/mol. The maximum absolute atomic E-state index is 12.5. The van der Waals surface area contributed by atoms with Gasteiger partial charge in [-0.15, -0.1) is 0 Å². The van der Waals surface area contributed by atoms with Crippen LogP contribution in [0, 0.1) is 3.57 Å². The van der Waals surface area contributed by atoms with Gasteiger partial charge in [0, 0.05) is 47.7 Å². The van der Waals surface area contributed by atoms with Crippen molar-refractivity contribution in [2.24, 2.45) is 0 Å². The molecule has 0 spiro atoms. The van der Waals surface area contributed by atoms with Crippen LogP contribution in [0.4, 0.5) is 4.79 Å². The molecule has 0 saturated carbocycles. The van der Waals surface area contributed by atoms with Crippen molar-refractivity contribution in [3.8, 4) is 0 Å². The molecular formula is C27H35I2N7O8. The second-order valence-corrected chi connectivity index (χ2v) is 12.9. The van der Waals surface area contributed by atoms with Crippen molar-refractivity contribution in [1.82, 2.24) is 34.9 Å². The number of aromatic amines is 1. The van der Waals surface area contributed by atoms with Gasteiger partial charge in [0.15, 0.2) is 12.5 Å². The molecule has 2 fully saturated rings. The van der Waals surface area contributed by atoms with Gasteiger partial charge in [0.05, 0.1) is 29.0 Å². The molecule has 44 heavy (non-hydrogen) atoms. The van der Waals surface area contributed by atoms with Gasteiger partial charge >= 0.3 is 11.7 Å². The number of likely N-dealkylation sites (N-methyl/N-ethyl adjacent to an activating group) is 2. The Labute approximate surface area is 280 Å². The molecule has 0 bridgehead atoms. The molecule has 0 radical (unpaired) electrons. The molecule has 2 aromatic rings. The summed E-state index contributed by atoms with van der Waals surface area (Å²) in [5, 5.41) is 24.1. The van der Waals surface area contributed by atoms with Crippen LogP contribution in [0.3, 0.4) is 0 Å². The smallest absolute Gasteiger partial charge is 0.330 e. The van der Waals surface area contributed by atoms with Crippen molar-refractivity contribution in [2.75, 3.05) is 53.5 Å². The van der Waals surface area contributed by atoms with Gasteiger partial charge in [-0.25, -0.2) is 9.59 Å². The van der Waals surface area contributed by atoms with E-state index in [1.165, 1.54) is 15.7 Å². The number of nitrogens with one attached hydrogen (secondary N) is 3. The number of amides is 3. The molecule has 5 rings (SSSR count). The third-order valence-corrected chi connectivity index (χ3v) is 8.64. The van der Waals surface area contributed by atoms with Gasteiger partial charge in [0.25, 0.3) is 11.5 Å². The average molecular weight is 839 g/mol. The summed E-state index contributed by atoms with van der Waals surface area (Å²) < 4.78 is 13.9. The van der Waals surface area contributed by atoms with Gasteiger partial charge in [-0.2, -0.15) is 0 Å². The molecule has 0 aliphatic carbocycles. The maximum atomic E-state index is 12.5. The predicted octanol–water partition coefficient (Wildman–Crippen LogP) is -0.344. The number of rotatable bonds is 6. The zero-order chi connectivity index (χ0) is 32.0. The summed E-state index contributed by atoms with van der Waals surface area (Å²) in [6.07, 6.45) is 0.883. The Morgan fingerprint density at radius 2 is 1.55 bits per heavy atom. The predicted molar refractivity (Wildman–Crippen MR) is 176 cm³/mol. The number of aliphatic hydroxyl groups is 2. The van der Waals surface area contributed by atoms with E-state index in [-0.39, 0.29) is 37.4 Å². The summed E-state index contributed by atoms with van der Waals surface area (Å²) in [5.74, 6) is -0.263. The van der Waals surface area contributed by atoms with E-state index in [0.717, 1.165) is 3.58 Å². The molecule has 17 heteroatoms. The first-order valence-corrected chi connectivity index (χ1v) is 15.9. The lowest BCUT2D eigenvalue weighted by atomic mass is 10.2. The molecule has 3 amide bonds. The van der Waals surface area contributed by atoms with E-state index in [1.807, 2.05) is 52.6 Å². The van der Waals surface area contributed by atoms with Crippen molar-refractivity contribution >= 4 is 57.1 Å². The highest BCUT2D eigenvalue weighted by molar-refractivity contribution is 14.1. The van der Waals surface area contributed by atoms with Gasteiger partial charge in [0.1, 0.15) is 6.17 Å². The highest BCUT2D eigenvalue weighted by atomic mass is 127. The molecule has 5 atom stereocenters. The molecule has 240 valence electrons. The second kappa shape index (κ2) is 15.7. The highest BCUT2D eigenvalue weighted by Crippen LogP contribution is 2.22. The van der Waals surface area contributed by atoms with E-state index in [2.05, 4.69) is 38.2 Å². The number of carbonyl (C=O) groups excluding carboxylic acids is 2. The minimum Gasteiger partial charge on any atom is -0.394 e. The fourth-order valence-corrected chi connectivity index (χ4v) is 5.88. The third-order valence-electron chi connectivity index (χ3n) is 6.97. The van der Waals surface area contributed by atoms with Crippen LogP contribution in [0.15, 0.2) is 55.9 Å². The largest absolute Gasteiger partial charge is 0.394 e. The molecule has 4 heterocycles. The molecule has 5 N–H and O–H groups in total. The van der Waals surface area contributed by atoms with E-state index in [9.17, 15) is 24.3 Å². The number of hydrogen-bond acceptors (Lipinski definition) is 10. The number of morpholine rings is 2. The lowest BCUT2D eigenvalue weighted by Crippen LogP contribution is -2.61. The Hall–Kier alpha value is -2.40. The number of benzene rings is 1. The first-order valence-electron chi connectivity index (χ1n) is 13.7. The van der Waals surface area contributed by atoms with Gasteiger partial charge in [-0.1, -0.05) is 18.2 Å². The summed E-state index contributed by atoms with van der Waals surface area (Å²) in [4.78, 5) is 55.5. The lowest BCUT2D eigenvalue weighted by Gasteiger charge is -2.41. The summed E-state index contributed by atoms with van der Waals surface area (Å²) in [7, 11) is 3.80. The van der Waals surface area contributed by atoms with Crippen LogP contribution in [0.1, 0.15) is 16.6 Å². The number of ether oxygens (including phenoxy) is 2. The number of nitrogens with zero attached hydrogens (tertiary/aromatic N) is 4. The Kier molecular flexibility index (Phi) is 12.3. The van der Waals surface area contributed by atoms with Gasteiger partial charge in [-0.3, -0.25) is 33.8 Å². The van der Waals surface area contributed by atoms with Crippen LogP contribution in [0.2, 0.25) is 0 Å². The Balaban J connectivity index is 0.000000215. The molecule has 15 nitrogen and oxygen atoms in total. The number of urea groups is 1. The summed E-state index contributed by atoms with van der Waals surface area (Å²) >= 11 is 3.94. The van der Waals surface area contributed by atoms with E-state index < -0.39 is 29.9 Å². The maximum Gasteiger partial charge on any atom is 0.330 e. The lowest BCUT2D eigenvalue weighted by molar-refractivity contribution is -0.136. The third kappa shape index (κ3) is 8.86.